The van der Waals surface area contributed by atoms with Crippen LogP contribution in [0.1, 0.15) is 5.56 Å². The largest absolute Gasteiger partial charge is 0.481 e. The molecule has 1 saturated carbocycles. The number of rotatable bonds is 7. The van der Waals surface area contributed by atoms with Crippen LogP contribution in [-0.2, 0) is 31.3 Å². The van der Waals surface area contributed by atoms with E-state index in [4.69, 9.17) is 5.11 Å². The van der Waals surface area contributed by atoms with Crippen molar-refractivity contribution in [2.24, 2.45) is 11.8 Å². The smallest absolute Gasteiger partial charge is 0.307 e. The number of hydrogen-bond donors (Lipinski definition) is 2. The standard InChI is InChI=1S/C15H18N2O6S2/c1-2-24(20,21)16-15-12-8-17(9-13(12)15)25(22,23)11-5-3-4-10(6-11)7-14(18)19/h2-6,12-13,15-16H,1,7-9H2,(H,18,19). The zero-order chi connectivity index (χ0) is 18.4. The molecule has 25 heavy (non-hydrogen) atoms. The van der Waals surface area contributed by atoms with E-state index in [-0.39, 0.29) is 42.3 Å². The third-order valence-electron chi connectivity index (χ3n) is 4.57. The predicted octanol–water partition coefficient (Wildman–Crippen LogP) is -0.00450. The Morgan fingerprint density at radius 2 is 1.92 bits per heavy atom. The molecule has 3 rings (SSSR count). The van der Waals surface area contributed by atoms with Crippen LogP contribution in [0.3, 0.4) is 0 Å². The molecule has 1 saturated heterocycles. The van der Waals surface area contributed by atoms with Crippen molar-refractivity contribution in [3.63, 3.8) is 0 Å². The number of fused-ring (bicyclic) bond motifs is 1. The van der Waals surface area contributed by atoms with E-state index in [9.17, 15) is 21.6 Å². The van der Waals surface area contributed by atoms with Crippen molar-refractivity contribution in [2.45, 2.75) is 17.4 Å². The number of carbonyl (C=O) groups is 1. The number of carboxylic acid groups (broad SMARTS) is 1. The van der Waals surface area contributed by atoms with Crippen LogP contribution in [0.25, 0.3) is 0 Å². The molecule has 8 nitrogen and oxygen atoms in total. The third kappa shape index (κ3) is 3.61. The van der Waals surface area contributed by atoms with Crippen LogP contribution in [0.4, 0.5) is 0 Å². The zero-order valence-corrected chi connectivity index (χ0v) is 14.8. The van der Waals surface area contributed by atoms with Crippen LogP contribution in [0.5, 0.6) is 0 Å². The molecule has 2 aliphatic rings. The van der Waals surface area contributed by atoms with Crippen molar-refractivity contribution < 1.29 is 26.7 Å². The van der Waals surface area contributed by atoms with E-state index in [2.05, 4.69) is 11.3 Å². The van der Waals surface area contributed by atoms with Gasteiger partial charge in [0, 0.05) is 24.5 Å². The molecular weight excluding hydrogens is 368 g/mol. The first-order chi connectivity index (χ1) is 11.6. The Hall–Kier alpha value is -1.75. The topological polar surface area (TPSA) is 121 Å². The summed E-state index contributed by atoms with van der Waals surface area (Å²) in [7, 11) is -7.26. The maximum absolute atomic E-state index is 12.7. The molecule has 1 aromatic carbocycles. The summed E-state index contributed by atoms with van der Waals surface area (Å²) in [5.74, 6) is -1.13. The molecule has 0 spiro atoms. The Balaban J connectivity index is 1.70. The normalized spacial score (nSPS) is 26.2. The van der Waals surface area contributed by atoms with Gasteiger partial charge in [-0.1, -0.05) is 18.7 Å². The SMILES string of the molecule is C=CS(=O)(=O)NC1C2CN(S(=O)(=O)c3cccc(CC(=O)O)c3)CC21. The molecule has 2 atom stereocenters. The van der Waals surface area contributed by atoms with Crippen molar-refractivity contribution in [2.75, 3.05) is 13.1 Å². The first kappa shape index (κ1) is 18.1. The highest BCUT2D eigenvalue weighted by Crippen LogP contribution is 2.47. The average Bonchev–Trinajstić information content (AvgIpc) is 2.96. The minimum atomic E-state index is -3.73. The van der Waals surface area contributed by atoms with Gasteiger partial charge in [0.15, 0.2) is 0 Å². The van der Waals surface area contributed by atoms with Crippen LogP contribution in [0.15, 0.2) is 41.1 Å². The highest BCUT2D eigenvalue weighted by atomic mass is 32.2. The van der Waals surface area contributed by atoms with Gasteiger partial charge in [-0.15, -0.1) is 0 Å². The molecule has 10 heteroatoms. The second-order valence-corrected chi connectivity index (χ2v) is 9.82. The van der Waals surface area contributed by atoms with Crippen molar-refractivity contribution in [3.8, 4) is 0 Å². The summed E-state index contributed by atoms with van der Waals surface area (Å²) >= 11 is 0. The van der Waals surface area contributed by atoms with E-state index < -0.39 is 26.0 Å². The fraction of sp³-hybridized carbons (Fsp3) is 0.400. The van der Waals surface area contributed by atoms with Crippen molar-refractivity contribution >= 4 is 26.0 Å². The molecule has 2 N–H and O–H groups in total. The molecule has 2 fully saturated rings. The van der Waals surface area contributed by atoms with Gasteiger partial charge in [-0.05, 0) is 29.5 Å². The number of nitrogens with one attached hydrogen (secondary N) is 1. The Morgan fingerprint density at radius 3 is 2.48 bits per heavy atom. The highest BCUT2D eigenvalue weighted by molar-refractivity contribution is 7.92. The predicted molar refractivity (Wildman–Crippen MR) is 89.6 cm³/mol. The number of carboxylic acids is 1. The molecule has 1 aliphatic heterocycles. The summed E-state index contributed by atoms with van der Waals surface area (Å²) in [4.78, 5) is 10.8. The Kier molecular flexibility index (Phi) is 4.48. The third-order valence-corrected chi connectivity index (χ3v) is 7.44. The van der Waals surface area contributed by atoms with Crippen LogP contribution < -0.4 is 4.72 Å². The first-order valence-electron chi connectivity index (χ1n) is 7.60. The van der Waals surface area contributed by atoms with Gasteiger partial charge in [-0.3, -0.25) is 4.79 Å². The quantitative estimate of drug-likeness (QED) is 0.680. The first-order valence-corrected chi connectivity index (χ1v) is 10.6. The van der Waals surface area contributed by atoms with Gasteiger partial charge in [0.2, 0.25) is 20.0 Å². The molecule has 1 heterocycles. The van der Waals surface area contributed by atoms with Gasteiger partial charge in [0.05, 0.1) is 11.3 Å². The van der Waals surface area contributed by atoms with E-state index in [1.54, 1.807) is 6.07 Å². The van der Waals surface area contributed by atoms with Crippen LogP contribution in [0, 0.1) is 11.8 Å². The maximum Gasteiger partial charge on any atom is 0.307 e. The molecule has 0 aromatic heterocycles. The minimum Gasteiger partial charge on any atom is -0.481 e. The van der Waals surface area contributed by atoms with Crippen LogP contribution in [-0.4, -0.2) is 51.3 Å². The van der Waals surface area contributed by atoms with Gasteiger partial charge in [0.1, 0.15) is 0 Å². The summed E-state index contributed by atoms with van der Waals surface area (Å²) in [6.45, 7) is 3.70. The number of benzene rings is 1. The summed E-state index contributed by atoms with van der Waals surface area (Å²) in [6, 6.07) is 5.62. The average molecular weight is 386 g/mol. The second-order valence-electron chi connectivity index (χ2n) is 6.22. The fourth-order valence-electron chi connectivity index (χ4n) is 3.24. The molecule has 0 amide bonds. The second kappa shape index (κ2) is 6.20. The number of nitrogens with zero attached hydrogens (tertiary/aromatic N) is 1. The summed E-state index contributed by atoms with van der Waals surface area (Å²) in [6.07, 6.45) is -0.250. The van der Waals surface area contributed by atoms with Gasteiger partial charge < -0.3 is 5.11 Å². The van der Waals surface area contributed by atoms with Crippen molar-refractivity contribution in [3.05, 3.63) is 41.8 Å². The summed E-state index contributed by atoms with van der Waals surface area (Å²) in [5, 5.41) is 9.67. The fourth-order valence-corrected chi connectivity index (χ4v) is 5.65. The maximum atomic E-state index is 12.7. The molecule has 0 bridgehead atoms. The lowest BCUT2D eigenvalue weighted by Crippen LogP contribution is -2.36. The Morgan fingerprint density at radius 1 is 1.28 bits per heavy atom. The van der Waals surface area contributed by atoms with Crippen molar-refractivity contribution in [1.82, 2.24) is 9.03 Å². The number of hydrogen-bond acceptors (Lipinski definition) is 5. The van der Waals surface area contributed by atoms with E-state index in [0.29, 0.717) is 5.56 Å². The molecular formula is C15H18N2O6S2. The van der Waals surface area contributed by atoms with Gasteiger partial charge in [-0.25, -0.2) is 21.6 Å². The highest BCUT2D eigenvalue weighted by Gasteiger charge is 2.59. The molecule has 136 valence electrons. The van der Waals surface area contributed by atoms with E-state index >= 15 is 0 Å². The lowest BCUT2D eigenvalue weighted by atomic mass is 10.2. The van der Waals surface area contributed by atoms with Gasteiger partial charge in [-0.2, -0.15) is 4.31 Å². The molecule has 2 unspecified atom stereocenters. The molecule has 0 radical (unpaired) electrons. The molecule has 1 aliphatic carbocycles. The van der Waals surface area contributed by atoms with E-state index in [0.717, 1.165) is 5.41 Å². The zero-order valence-electron chi connectivity index (χ0n) is 13.2. The van der Waals surface area contributed by atoms with E-state index in [1.165, 1.54) is 22.5 Å². The number of piperidine rings is 1. The monoisotopic (exact) mass is 386 g/mol. The van der Waals surface area contributed by atoms with Crippen LogP contribution >= 0.6 is 0 Å². The lowest BCUT2D eigenvalue weighted by molar-refractivity contribution is -0.136. The van der Waals surface area contributed by atoms with Gasteiger partial charge >= 0.3 is 5.97 Å². The molecule has 1 aromatic rings. The van der Waals surface area contributed by atoms with E-state index in [1.807, 2.05) is 0 Å². The van der Waals surface area contributed by atoms with Crippen LogP contribution in [0.2, 0.25) is 0 Å². The number of aliphatic carboxylic acids is 1. The Bertz CT molecular complexity index is 913. The minimum absolute atomic E-state index is 0.0493. The Labute approximate surface area is 146 Å². The van der Waals surface area contributed by atoms with Gasteiger partial charge in [0.25, 0.3) is 0 Å². The summed E-state index contributed by atoms with van der Waals surface area (Å²) in [5.41, 5.74) is 0.412. The number of sulfonamides is 2. The lowest BCUT2D eigenvalue weighted by Gasteiger charge is -2.20. The van der Waals surface area contributed by atoms with Crippen molar-refractivity contribution in [1.29, 1.82) is 0 Å². The summed E-state index contributed by atoms with van der Waals surface area (Å²) < 4.78 is 52.2.